The van der Waals surface area contributed by atoms with E-state index in [0.717, 1.165) is 0 Å². The fourth-order valence-corrected chi connectivity index (χ4v) is 2.19. The molecule has 1 aromatic carbocycles. The Hall–Kier alpha value is -2.23. The summed E-state index contributed by atoms with van der Waals surface area (Å²) in [5, 5.41) is 29.2. The van der Waals surface area contributed by atoms with Crippen molar-refractivity contribution in [3.8, 4) is 12.3 Å². The normalized spacial score (nSPS) is 14.4. The zero-order valence-electron chi connectivity index (χ0n) is 12.2. The number of nitrogens with one attached hydrogen (secondary N) is 1. The smallest absolute Gasteiger partial charge is 0.224 e. The van der Waals surface area contributed by atoms with E-state index in [1.807, 2.05) is 0 Å². The average Bonchev–Trinajstić information content (AvgIpc) is 3.32. The molecule has 0 saturated carbocycles. The number of rotatable bonds is 8. The molecule has 0 aliphatic carbocycles. The topological polar surface area (TPSA) is 94.3 Å². The van der Waals surface area contributed by atoms with E-state index >= 15 is 0 Å². The Balaban J connectivity index is 1.88. The molecule has 1 aromatic rings. The van der Waals surface area contributed by atoms with Crippen LogP contribution in [0.2, 0.25) is 0 Å². The van der Waals surface area contributed by atoms with E-state index in [1.165, 1.54) is 0 Å². The molecule has 0 radical (unpaired) electrons. The van der Waals surface area contributed by atoms with Crippen molar-refractivity contribution in [3.63, 3.8) is 0 Å². The van der Waals surface area contributed by atoms with Gasteiger partial charge in [0.2, 0.25) is 5.91 Å². The van der Waals surface area contributed by atoms with Gasteiger partial charge in [-0.1, -0.05) is 6.07 Å². The molecule has 6 nitrogen and oxygen atoms in total. The summed E-state index contributed by atoms with van der Waals surface area (Å²) in [5.74, 6) is 2.39. The number of aliphatic hydroxyl groups is 2. The summed E-state index contributed by atoms with van der Waals surface area (Å²) in [6, 6.07) is 5.04. The lowest BCUT2D eigenvalue weighted by Gasteiger charge is -2.12. The Morgan fingerprint density at radius 1 is 1.27 bits per heavy atom. The molecule has 0 atom stereocenters. The molecule has 2 rings (SSSR count). The zero-order chi connectivity index (χ0) is 16.0. The fourth-order valence-electron chi connectivity index (χ4n) is 2.19. The highest BCUT2D eigenvalue weighted by Gasteiger charge is 2.39. The van der Waals surface area contributed by atoms with E-state index in [-0.39, 0.29) is 25.5 Å². The van der Waals surface area contributed by atoms with E-state index < -0.39 is 5.66 Å². The van der Waals surface area contributed by atoms with Gasteiger partial charge in [-0.3, -0.25) is 4.79 Å². The maximum absolute atomic E-state index is 12.0. The number of hydrogen-bond donors (Lipinski definition) is 3. The maximum atomic E-state index is 12.0. The highest BCUT2D eigenvalue weighted by atomic mass is 16.3. The van der Waals surface area contributed by atoms with Gasteiger partial charge in [0.1, 0.15) is 0 Å². The number of anilines is 1. The maximum Gasteiger partial charge on any atom is 0.224 e. The van der Waals surface area contributed by atoms with E-state index in [0.29, 0.717) is 36.1 Å². The number of nitrogens with zero attached hydrogens (tertiary/aromatic N) is 2. The molecule has 3 N–H and O–H groups in total. The second kappa shape index (κ2) is 7.16. The molecular formula is C16H19N3O3. The van der Waals surface area contributed by atoms with E-state index in [4.69, 9.17) is 11.5 Å². The van der Waals surface area contributed by atoms with Crippen molar-refractivity contribution in [1.82, 2.24) is 0 Å². The first-order valence-corrected chi connectivity index (χ1v) is 7.13. The summed E-state index contributed by atoms with van der Waals surface area (Å²) >= 11 is 0. The van der Waals surface area contributed by atoms with Crippen LogP contribution < -0.4 is 5.32 Å². The molecule has 0 unspecified atom stereocenters. The van der Waals surface area contributed by atoms with Gasteiger partial charge < -0.3 is 15.5 Å². The Kier molecular flexibility index (Phi) is 5.26. The minimum atomic E-state index is -0.468. The van der Waals surface area contributed by atoms with Crippen LogP contribution in [-0.2, 0) is 18.0 Å². The Morgan fingerprint density at radius 2 is 2.05 bits per heavy atom. The van der Waals surface area contributed by atoms with Crippen LogP contribution in [0.4, 0.5) is 5.69 Å². The van der Waals surface area contributed by atoms with Gasteiger partial charge in [0.05, 0.1) is 13.2 Å². The van der Waals surface area contributed by atoms with Crippen LogP contribution in [-0.4, -0.2) is 21.8 Å². The van der Waals surface area contributed by atoms with Gasteiger partial charge in [-0.15, -0.1) is 12.3 Å². The molecule has 0 aromatic heterocycles. The molecule has 1 aliphatic rings. The summed E-state index contributed by atoms with van der Waals surface area (Å²) in [6.07, 6.45) is 7.30. The van der Waals surface area contributed by atoms with Gasteiger partial charge in [-0.2, -0.15) is 10.2 Å². The third-order valence-electron chi connectivity index (χ3n) is 3.60. The van der Waals surface area contributed by atoms with E-state index in [2.05, 4.69) is 21.5 Å². The van der Waals surface area contributed by atoms with Gasteiger partial charge >= 0.3 is 0 Å². The third kappa shape index (κ3) is 4.13. The second-order valence-electron chi connectivity index (χ2n) is 5.24. The molecule has 1 heterocycles. The van der Waals surface area contributed by atoms with Crippen LogP contribution in [0.15, 0.2) is 28.4 Å². The quantitative estimate of drug-likeness (QED) is 0.641. The van der Waals surface area contributed by atoms with E-state index in [9.17, 15) is 9.90 Å². The molecule has 22 heavy (non-hydrogen) atoms. The molecule has 116 valence electrons. The number of hydrogen-bond acceptors (Lipinski definition) is 5. The van der Waals surface area contributed by atoms with Crippen molar-refractivity contribution < 1.29 is 15.0 Å². The van der Waals surface area contributed by atoms with Crippen molar-refractivity contribution in [1.29, 1.82) is 0 Å². The summed E-state index contributed by atoms with van der Waals surface area (Å²) < 4.78 is 0. The van der Waals surface area contributed by atoms with Crippen LogP contribution in [0, 0.1) is 12.3 Å². The Morgan fingerprint density at radius 3 is 2.64 bits per heavy atom. The van der Waals surface area contributed by atoms with Gasteiger partial charge in [-0.05, 0) is 17.7 Å². The van der Waals surface area contributed by atoms with Gasteiger partial charge in [0.25, 0.3) is 0 Å². The standard InChI is InChI=1S/C16H19N3O3/c1-2-3-7-16(18-19-16)8-6-15(22)17-14-5-4-12(10-20)9-13(14)11-21/h1,4-5,9,20-21H,3,6-8,10-11H2,(H,17,22). The van der Waals surface area contributed by atoms with Crippen molar-refractivity contribution in [2.24, 2.45) is 10.2 Å². The highest BCUT2D eigenvalue weighted by molar-refractivity contribution is 5.91. The molecule has 6 heteroatoms. The van der Waals surface area contributed by atoms with Gasteiger partial charge in [0, 0.05) is 36.9 Å². The Bertz CT molecular complexity index is 614. The number of carbonyl (C=O) groups excluding carboxylic acids is 1. The minimum absolute atomic E-state index is 0.109. The van der Waals surface area contributed by atoms with Crippen LogP contribution in [0.5, 0.6) is 0 Å². The lowest BCUT2D eigenvalue weighted by atomic mass is 10.0. The highest BCUT2D eigenvalue weighted by Crippen LogP contribution is 2.37. The predicted octanol–water partition coefficient (Wildman–Crippen LogP) is 1.97. The molecule has 0 spiro atoms. The lowest BCUT2D eigenvalue weighted by Crippen LogP contribution is -2.18. The first-order valence-electron chi connectivity index (χ1n) is 7.13. The monoisotopic (exact) mass is 301 g/mol. The summed E-state index contributed by atoms with van der Waals surface area (Å²) in [4.78, 5) is 12.0. The summed E-state index contributed by atoms with van der Waals surface area (Å²) in [6.45, 7) is -0.317. The number of terminal acetylenes is 1. The molecule has 0 saturated heterocycles. The van der Waals surface area contributed by atoms with Crippen LogP contribution in [0.1, 0.15) is 36.8 Å². The molecule has 0 fully saturated rings. The summed E-state index contributed by atoms with van der Waals surface area (Å²) in [5.41, 5.74) is 1.34. The Labute approximate surface area is 129 Å². The van der Waals surface area contributed by atoms with Gasteiger partial charge in [-0.25, -0.2) is 0 Å². The third-order valence-corrected chi connectivity index (χ3v) is 3.60. The first-order chi connectivity index (χ1) is 10.6. The van der Waals surface area contributed by atoms with Crippen molar-refractivity contribution in [2.75, 3.05) is 5.32 Å². The molecular weight excluding hydrogens is 282 g/mol. The molecule has 1 amide bonds. The first kappa shape index (κ1) is 16.1. The van der Waals surface area contributed by atoms with Crippen molar-refractivity contribution in [2.45, 2.75) is 44.6 Å². The predicted molar refractivity (Wildman–Crippen MR) is 81.8 cm³/mol. The number of aliphatic hydroxyl groups excluding tert-OH is 2. The largest absolute Gasteiger partial charge is 0.392 e. The molecule has 0 bridgehead atoms. The fraction of sp³-hybridized carbons (Fsp3) is 0.438. The van der Waals surface area contributed by atoms with Crippen molar-refractivity contribution >= 4 is 11.6 Å². The number of amides is 1. The summed E-state index contributed by atoms with van der Waals surface area (Å²) in [7, 11) is 0. The van der Waals surface area contributed by atoms with Gasteiger partial charge in [0.15, 0.2) is 5.66 Å². The zero-order valence-corrected chi connectivity index (χ0v) is 12.2. The number of carbonyl (C=O) groups is 1. The molecule has 1 aliphatic heterocycles. The SMILES string of the molecule is C#CCCC1(CCC(=O)Nc2ccc(CO)cc2CO)N=N1. The van der Waals surface area contributed by atoms with E-state index in [1.54, 1.807) is 18.2 Å². The van der Waals surface area contributed by atoms with Crippen molar-refractivity contribution in [3.05, 3.63) is 29.3 Å². The van der Waals surface area contributed by atoms with Crippen LogP contribution in [0.3, 0.4) is 0 Å². The van der Waals surface area contributed by atoms with Crippen LogP contribution in [0.25, 0.3) is 0 Å². The lowest BCUT2D eigenvalue weighted by molar-refractivity contribution is -0.116. The van der Waals surface area contributed by atoms with Crippen LogP contribution >= 0.6 is 0 Å². The average molecular weight is 301 g/mol. The minimum Gasteiger partial charge on any atom is -0.392 e. The second-order valence-corrected chi connectivity index (χ2v) is 5.24. The number of benzene rings is 1.